The van der Waals surface area contributed by atoms with E-state index in [-0.39, 0.29) is 11.7 Å². The van der Waals surface area contributed by atoms with E-state index in [1.165, 1.54) is 0 Å². The van der Waals surface area contributed by atoms with Crippen LogP contribution in [0.15, 0.2) is 51.4 Å². The van der Waals surface area contributed by atoms with Crippen molar-refractivity contribution in [2.45, 2.75) is 6.42 Å². The Labute approximate surface area is 139 Å². The van der Waals surface area contributed by atoms with Crippen LogP contribution in [0.2, 0.25) is 0 Å². The fourth-order valence-corrected chi connectivity index (χ4v) is 3.21. The van der Waals surface area contributed by atoms with E-state index in [0.717, 1.165) is 8.95 Å². The minimum Gasteiger partial charge on any atom is -0.307 e. The van der Waals surface area contributed by atoms with Gasteiger partial charge >= 0.3 is 0 Å². The Kier molecular flexibility index (Phi) is 3.95. The van der Waals surface area contributed by atoms with Gasteiger partial charge in [-0.3, -0.25) is 9.59 Å². The van der Waals surface area contributed by atoms with Gasteiger partial charge < -0.3 is 4.90 Å². The molecular weight excluding hydrogens is 398 g/mol. The van der Waals surface area contributed by atoms with Gasteiger partial charge in [0.25, 0.3) is 5.91 Å². The lowest BCUT2D eigenvalue weighted by Gasteiger charge is -2.29. The van der Waals surface area contributed by atoms with Gasteiger partial charge in [-0.25, -0.2) is 0 Å². The summed E-state index contributed by atoms with van der Waals surface area (Å²) >= 11 is 6.80. The molecule has 1 aliphatic rings. The average Bonchev–Trinajstić information content (AvgIpc) is 2.50. The van der Waals surface area contributed by atoms with E-state index >= 15 is 0 Å². The number of carbonyl (C=O) groups is 2. The van der Waals surface area contributed by atoms with Crippen LogP contribution in [0.1, 0.15) is 27.1 Å². The largest absolute Gasteiger partial charge is 0.307 e. The lowest BCUT2D eigenvalue weighted by molar-refractivity contribution is 0.0954. The standard InChI is InChI=1S/C16H11Br2NO2/c17-10-5-6-13(18)12(9-10)16(21)19-8-7-15(20)11-3-1-2-4-14(11)19/h1-6,9H,7-8H2. The Morgan fingerprint density at radius 1 is 1.10 bits per heavy atom. The molecule has 106 valence electrons. The molecule has 2 aromatic rings. The molecule has 0 saturated heterocycles. The monoisotopic (exact) mass is 407 g/mol. The summed E-state index contributed by atoms with van der Waals surface area (Å²) < 4.78 is 1.58. The highest BCUT2D eigenvalue weighted by atomic mass is 79.9. The maximum Gasteiger partial charge on any atom is 0.259 e. The van der Waals surface area contributed by atoms with Crippen molar-refractivity contribution in [1.82, 2.24) is 0 Å². The van der Waals surface area contributed by atoms with E-state index in [4.69, 9.17) is 0 Å². The fraction of sp³-hybridized carbons (Fsp3) is 0.125. The van der Waals surface area contributed by atoms with Crippen LogP contribution in [0.25, 0.3) is 0 Å². The Morgan fingerprint density at radius 2 is 1.86 bits per heavy atom. The van der Waals surface area contributed by atoms with E-state index in [0.29, 0.717) is 29.8 Å². The summed E-state index contributed by atoms with van der Waals surface area (Å²) in [5.74, 6) is -0.0221. The van der Waals surface area contributed by atoms with Gasteiger partial charge in [0.1, 0.15) is 0 Å². The second-order valence-corrected chi connectivity index (χ2v) is 6.54. The SMILES string of the molecule is O=C1CCN(C(=O)c2cc(Br)ccc2Br)c2ccccc21. The van der Waals surface area contributed by atoms with Crippen molar-refractivity contribution in [2.75, 3.05) is 11.4 Å². The van der Waals surface area contributed by atoms with Crippen molar-refractivity contribution >= 4 is 49.2 Å². The lowest BCUT2D eigenvalue weighted by Crippen LogP contribution is -2.37. The quantitative estimate of drug-likeness (QED) is 0.699. The number of hydrogen-bond donors (Lipinski definition) is 0. The highest BCUT2D eigenvalue weighted by molar-refractivity contribution is 9.11. The number of Topliss-reactive ketones (excluding diaryl/α,β-unsaturated/α-hetero) is 1. The number of halogens is 2. The minimum absolute atomic E-state index is 0.0861. The Hall–Kier alpha value is -1.46. The van der Waals surface area contributed by atoms with E-state index in [2.05, 4.69) is 31.9 Å². The number of amides is 1. The molecule has 0 atom stereocenters. The normalized spacial score (nSPS) is 14.0. The van der Waals surface area contributed by atoms with Gasteiger partial charge in [-0.1, -0.05) is 28.1 Å². The number of anilines is 1. The van der Waals surface area contributed by atoms with Crippen molar-refractivity contribution in [3.8, 4) is 0 Å². The number of ketones is 1. The zero-order valence-corrected chi connectivity index (χ0v) is 14.1. The molecule has 1 amide bonds. The zero-order chi connectivity index (χ0) is 15.0. The predicted molar refractivity (Wildman–Crippen MR) is 88.9 cm³/mol. The van der Waals surface area contributed by atoms with Gasteiger partial charge in [-0.2, -0.15) is 0 Å². The van der Waals surface area contributed by atoms with Crippen molar-refractivity contribution in [1.29, 1.82) is 0 Å². The summed E-state index contributed by atoms with van der Waals surface area (Å²) in [6, 6.07) is 12.7. The first-order chi connectivity index (χ1) is 10.1. The molecule has 2 aromatic carbocycles. The highest BCUT2D eigenvalue weighted by Crippen LogP contribution is 2.30. The van der Waals surface area contributed by atoms with Crippen LogP contribution in [0.5, 0.6) is 0 Å². The van der Waals surface area contributed by atoms with Crippen molar-refractivity contribution < 1.29 is 9.59 Å². The number of nitrogens with zero attached hydrogens (tertiary/aromatic N) is 1. The summed E-state index contributed by atoms with van der Waals surface area (Å²) in [5.41, 5.74) is 1.88. The van der Waals surface area contributed by atoms with Gasteiger partial charge in [0.05, 0.1) is 11.3 Å². The fourth-order valence-electron chi connectivity index (χ4n) is 2.43. The molecule has 21 heavy (non-hydrogen) atoms. The molecule has 3 rings (SSSR count). The minimum atomic E-state index is -0.108. The smallest absolute Gasteiger partial charge is 0.259 e. The van der Waals surface area contributed by atoms with E-state index in [1.807, 2.05) is 30.3 Å². The highest BCUT2D eigenvalue weighted by Gasteiger charge is 2.28. The summed E-state index contributed by atoms with van der Waals surface area (Å²) in [7, 11) is 0. The van der Waals surface area contributed by atoms with Gasteiger partial charge in [0.15, 0.2) is 5.78 Å². The van der Waals surface area contributed by atoms with Gasteiger partial charge in [-0.05, 0) is 46.3 Å². The molecule has 1 aliphatic heterocycles. The maximum absolute atomic E-state index is 12.8. The molecule has 1 heterocycles. The third-order valence-electron chi connectivity index (χ3n) is 3.46. The number of hydrogen-bond acceptors (Lipinski definition) is 2. The van der Waals surface area contributed by atoms with Crippen LogP contribution in [0.3, 0.4) is 0 Å². The zero-order valence-electron chi connectivity index (χ0n) is 11.0. The molecular formula is C16H11Br2NO2. The van der Waals surface area contributed by atoms with Crippen molar-refractivity contribution in [3.63, 3.8) is 0 Å². The second kappa shape index (κ2) is 5.73. The van der Waals surface area contributed by atoms with Crippen LogP contribution in [-0.2, 0) is 0 Å². The first kappa shape index (κ1) is 14.5. The summed E-state index contributed by atoms with van der Waals surface area (Å²) in [6.07, 6.45) is 0.356. The van der Waals surface area contributed by atoms with Crippen LogP contribution in [0.4, 0.5) is 5.69 Å². The number of fused-ring (bicyclic) bond motifs is 1. The van der Waals surface area contributed by atoms with Gasteiger partial charge in [0.2, 0.25) is 0 Å². The number of carbonyl (C=O) groups excluding carboxylic acids is 2. The number of benzene rings is 2. The molecule has 0 N–H and O–H groups in total. The Morgan fingerprint density at radius 3 is 2.67 bits per heavy atom. The van der Waals surface area contributed by atoms with E-state index in [1.54, 1.807) is 17.0 Å². The van der Waals surface area contributed by atoms with Gasteiger partial charge in [0, 0.05) is 27.5 Å². The topological polar surface area (TPSA) is 37.4 Å². The van der Waals surface area contributed by atoms with E-state index in [9.17, 15) is 9.59 Å². The molecule has 0 aliphatic carbocycles. The van der Waals surface area contributed by atoms with Crippen LogP contribution < -0.4 is 4.90 Å². The van der Waals surface area contributed by atoms with Crippen LogP contribution in [0, 0.1) is 0 Å². The summed E-state index contributed by atoms with van der Waals surface area (Å²) in [6.45, 7) is 0.410. The predicted octanol–water partition coefficient (Wildman–Crippen LogP) is 4.44. The van der Waals surface area contributed by atoms with Crippen molar-refractivity contribution in [2.24, 2.45) is 0 Å². The molecule has 3 nitrogen and oxygen atoms in total. The lowest BCUT2D eigenvalue weighted by atomic mass is 9.99. The molecule has 0 spiro atoms. The average molecular weight is 409 g/mol. The summed E-state index contributed by atoms with van der Waals surface area (Å²) in [5, 5.41) is 0. The summed E-state index contributed by atoms with van der Waals surface area (Å²) in [4.78, 5) is 26.4. The Bertz CT molecular complexity index is 743. The third kappa shape index (κ3) is 2.68. The molecule has 0 saturated carbocycles. The van der Waals surface area contributed by atoms with Crippen LogP contribution >= 0.6 is 31.9 Å². The van der Waals surface area contributed by atoms with Crippen LogP contribution in [-0.4, -0.2) is 18.2 Å². The molecule has 5 heteroatoms. The molecule has 0 unspecified atom stereocenters. The van der Waals surface area contributed by atoms with Gasteiger partial charge in [-0.15, -0.1) is 0 Å². The molecule has 0 radical (unpaired) electrons. The van der Waals surface area contributed by atoms with E-state index < -0.39 is 0 Å². The third-order valence-corrected chi connectivity index (χ3v) is 4.65. The molecule has 0 bridgehead atoms. The molecule has 0 aromatic heterocycles. The first-order valence-electron chi connectivity index (χ1n) is 6.47. The number of para-hydroxylation sites is 1. The van der Waals surface area contributed by atoms with Crippen molar-refractivity contribution in [3.05, 3.63) is 62.5 Å². The Balaban J connectivity index is 2.05. The first-order valence-corrected chi connectivity index (χ1v) is 8.05. The second-order valence-electron chi connectivity index (χ2n) is 4.77. The number of rotatable bonds is 1. The molecule has 0 fully saturated rings. The maximum atomic E-state index is 12.8.